The average Bonchev–Trinajstić information content (AvgIpc) is 2.15. The first-order chi connectivity index (χ1) is 6.92. The molecule has 0 amide bonds. The van der Waals surface area contributed by atoms with E-state index in [1.165, 1.54) is 6.20 Å². The molecular weight excluding hydrogens is 194 g/mol. The highest BCUT2D eigenvalue weighted by Gasteiger charge is 2.18. The molecule has 82 valence electrons. The minimum Gasteiger partial charge on any atom is -0.455 e. The lowest BCUT2D eigenvalue weighted by Crippen LogP contribution is -2.24. The van der Waals surface area contributed by atoms with Crippen LogP contribution in [-0.2, 0) is 11.3 Å². The van der Waals surface area contributed by atoms with Crippen LogP contribution in [0.2, 0.25) is 0 Å². The topological polar surface area (TPSA) is 59.4 Å². The molecule has 1 rings (SSSR count). The smallest absolute Gasteiger partial charge is 0.357 e. The highest BCUT2D eigenvalue weighted by atomic mass is 16.6. The van der Waals surface area contributed by atoms with Crippen LogP contribution in [0.15, 0.2) is 18.3 Å². The Labute approximate surface area is 88.9 Å². The van der Waals surface area contributed by atoms with E-state index >= 15 is 0 Å². The van der Waals surface area contributed by atoms with Gasteiger partial charge in [-0.15, -0.1) is 0 Å². The van der Waals surface area contributed by atoms with E-state index in [2.05, 4.69) is 4.98 Å². The monoisotopic (exact) mass is 209 g/mol. The SMILES string of the molecule is CC(C)(C)OC(=O)c1ccc(CO)cn1. The van der Waals surface area contributed by atoms with Gasteiger partial charge < -0.3 is 9.84 Å². The summed E-state index contributed by atoms with van der Waals surface area (Å²) in [6.07, 6.45) is 1.46. The lowest BCUT2D eigenvalue weighted by atomic mass is 10.2. The third-order valence-corrected chi connectivity index (χ3v) is 1.62. The second kappa shape index (κ2) is 4.40. The van der Waals surface area contributed by atoms with E-state index in [0.717, 1.165) is 0 Å². The van der Waals surface area contributed by atoms with Gasteiger partial charge in [0.05, 0.1) is 6.61 Å². The molecule has 0 aliphatic heterocycles. The third kappa shape index (κ3) is 3.67. The summed E-state index contributed by atoms with van der Waals surface area (Å²) in [7, 11) is 0. The summed E-state index contributed by atoms with van der Waals surface area (Å²) in [5.41, 5.74) is 0.401. The first kappa shape index (κ1) is 11.7. The van der Waals surface area contributed by atoms with Crippen LogP contribution in [0, 0.1) is 0 Å². The highest BCUT2D eigenvalue weighted by molar-refractivity contribution is 5.87. The van der Waals surface area contributed by atoms with Gasteiger partial charge in [-0.3, -0.25) is 0 Å². The molecule has 0 atom stereocenters. The van der Waals surface area contributed by atoms with Crippen molar-refractivity contribution in [2.75, 3.05) is 0 Å². The van der Waals surface area contributed by atoms with Crippen molar-refractivity contribution in [2.24, 2.45) is 0 Å². The van der Waals surface area contributed by atoms with Crippen LogP contribution in [-0.4, -0.2) is 21.7 Å². The highest BCUT2D eigenvalue weighted by Crippen LogP contribution is 2.10. The van der Waals surface area contributed by atoms with E-state index in [1.54, 1.807) is 32.9 Å². The van der Waals surface area contributed by atoms with Gasteiger partial charge in [0, 0.05) is 6.20 Å². The number of rotatable bonds is 2. The van der Waals surface area contributed by atoms with Gasteiger partial charge in [-0.05, 0) is 32.4 Å². The van der Waals surface area contributed by atoms with E-state index in [9.17, 15) is 4.79 Å². The van der Waals surface area contributed by atoms with Crippen LogP contribution in [0.25, 0.3) is 0 Å². The summed E-state index contributed by atoms with van der Waals surface area (Å²) in [5, 5.41) is 8.80. The molecule has 0 unspecified atom stereocenters. The Hall–Kier alpha value is -1.42. The maximum Gasteiger partial charge on any atom is 0.357 e. The molecule has 0 aromatic carbocycles. The summed E-state index contributed by atoms with van der Waals surface area (Å²) < 4.78 is 5.13. The normalized spacial score (nSPS) is 11.2. The number of ether oxygens (including phenoxy) is 1. The predicted octanol–water partition coefficient (Wildman–Crippen LogP) is 1.53. The van der Waals surface area contributed by atoms with Crippen molar-refractivity contribution in [3.8, 4) is 0 Å². The minimum atomic E-state index is -0.519. The first-order valence-electron chi connectivity index (χ1n) is 4.71. The molecule has 4 heteroatoms. The predicted molar refractivity (Wildman–Crippen MR) is 55.3 cm³/mol. The summed E-state index contributed by atoms with van der Waals surface area (Å²) >= 11 is 0. The maximum absolute atomic E-state index is 11.5. The zero-order valence-corrected chi connectivity index (χ0v) is 9.15. The van der Waals surface area contributed by atoms with E-state index < -0.39 is 11.6 Å². The fourth-order valence-corrected chi connectivity index (χ4v) is 0.969. The van der Waals surface area contributed by atoms with E-state index in [4.69, 9.17) is 9.84 Å². The second-order valence-corrected chi connectivity index (χ2v) is 4.21. The van der Waals surface area contributed by atoms with Gasteiger partial charge in [-0.25, -0.2) is 9.78 Å². The summed E-state index contributed by atoms with van der Waals surface area (Å²) in [6, 6.07) is 3.19. The van der Waals surface area contributed by atoms with E-state index in [0.29, 0.717) is 5.56 Å². The summed E-state index contributed by atoms with van der Waals surface area (Å²) in [4.78, 5) is 15.4. The molecule has 0 radical (unpaired) electrons. The second-order valence-electron chi connectivity index (χ2n) is 4.21. The van der Waals surface area contributed by atoms with Crippen molar-refractivity contribution in [3.05, 3.63) is 29.6 Å². The molecule has 1 aromatic heterocycles. The van der Waals surface area contributed by atoms with Crippen molar-refractivity contribution in [1.82, 2.24) is 4.98 Å². The maximum atomic E-state index is 11.5. The molecule has 0 saturated heterocycles. The van der Waals surface area contributed by atoms with Crippen LogP contribution in [0.4, 0.5) is 0 Å². The van der Waals surface area contributed by atoms with Gasteiger partial charge in [-0.2, -0.15) is 0 Å². The molecular formula is C11H15NO3. The Balaban J connectivity index is 2.75. The van der Waals surface area contributed by atoms with Crippen molar-refractivity contribution in [1.29, 1.82) is 0 Å². The number of carbonyl (C=O) groups excluding carboxylic acids is 1. The fraction of sp³-hybridized carbons (Fsp3) is 0.455. The summed E-state index contributed by atoms with van der Waals surface area (Å²) in [6.45, 7) is 5.31. The average molecular weight is 209 g/mol. The fourth-order valence-electron chi connectivity index (χ4n) is 0.969. The number of esters is 1. The number of pyridine rings is 1. The number of carbonyl (C=O) groups is 1. The Kier molecular flexibility index (Phi) is 3.42. The minimum absolute atomic E-state index is 0.0817. The molecule has 1 heterocycles. The van der Waals surface area contributed by atoms with E-state index in [1.807, 2.05) is 0 Å². The Morgan fingerprint density at radius 1 is 1.47 bits per heavy atom. The molecule has 0 spiro atoms. The number of hydrogen-bond donors (Lipinski definition) is 1. The molecule has 4 nitrogen and oxygen atoms in total. The van der Waals surface area contributed by atoms with Crippen molar-refractivity contribution < 1.29 is 14.6 Å². The summed E-state index contributed by atoms with van der Waals surface area (Å²) in [5.74, 6) is -0.452. The van der Waals surface area contributed by atoms with Crippen LogP contribution in [0.5, 0.6) is 0 Å². The van der Waals surface area contributed by atoms with Crippen LogP contribution in [0.1, 0.15) is 36.8 Å². The largest absolute Gasteiger partial charge is 0.455 e. The van der Waals surface area contributed by atoms with E-state index in [-0.39, 0.29) is 12.3 Å². The van der Waals surface area contributed by atoms with Crippen molar-refractivity contribution >= 4 is 5.97 Å². The van der Waals surface area contributed by atoms with Crippen LogP contribution >= 0.6 is 0 Å². The van der Waals surface area contributed by atoms with Gasteiger partial charge in [0.2, 0.25) is 0 Å². The third-order valence-electron chi connectivity index (χ3n) is 1.62. The molecule has 1 N–H and O–H groups in total. The molecule has 1 aromatic rings. The standard InChI is InChI=1S/C11H15NO3/c1-11(2,3)15-10(14)9-5-4-8(7-13)6-12-9/h4-6,13H,7H2,1-3H3. The molecule has 0 aliphatic carbocycles. The van der Waals surface area contributed by atoms with Crippen molar-refractivity contribution in [3.63, 3.8) is 0 Å². The molecule has 0 fully saturated rings. The quantitative estimate of drug-likeness (QED) is 0.750. The molecule has 0 saturated carbocycles. The number of hydrogen-bond acceptors (Lipinski definition) is 4. The number of aromatic nitrogens is 1. The van der Waals surface area contributed by atoms with Gasteiger partial charge in [0.25, 0.3) is 0 Å². The number of aliphatic hydroxyl groups excluding tert-OH is 1. The van der Waals surface area contributed by atoms with Gasteiger partial charge >= 0.3 is 5.97 Å². The Morgan fingerprint density at radius 3 is 2.53 bits per heavy atom. The van der Waals surface area contributed by atoms with Crippen LogP contribution < -0.4 is 0 Å². The van der Waals surface area contributed by atoms with Crippen LogP contribution in [0.3, 0.4) is 0 Å². The first-order valence-corrected chi connectivity index (χ1v) is 4.71. The van der Waals surface area contributed by atoms with Gasteiger partial charge in [0.1, 0.15) is 11.3 Å². The van der Waals surface area contributed by atoms with Gasteiger partial charge in [-0.1, -0.05) is 6.07 Å². The Morgan fingerprint density at radius 2 is 2.13 bits per heavy atom. The lowest BCUT2D eigenvalue weighted by molar-refractivity contribution is 0.00627. The Bertz CT molecular complexity index is 338. The molecule has 15 heavy (non-hydrogen) atoms. The van der Waals surface area contributed by atoms with Gasteiger partial charge in [0.15, 0.2) is 0 Å². The zero-order valence-electron chi connectivity index (χ0n) is 9.15. The lowest BCUT2D eigenvalue weighted by Gasteiger charge is -2.18. The molecule has 0 bridgehead atoms. The molecule has 0 aliphatic rings. The van der Waals surface area contributed by atoms with Crippen molar-refractivity contribution in [2.45, 2.75) is 33.0 Å². The number of aliphatic hydroxyl groups is 1. The zero-order chi connectivity index (χ0) is 11.5. The number of nitrogens with zero attached hydrogens (tertiary/aromatic N) is 1.